The zero-order chi connectivity index (χ0) is 18.4. The Morgan fingerprint density at radius 2 is 1.67 bits per heavy atom. The molecule has 1 atom stereocenters. The van der Waals surface area contributed by atoms with Gasteiger partial charge in [0.05, 0.1) is 12.6 Å². The summed E-state index contributed by atoms with van der Waals surface area (Å²) in [5.74, 6) is 3.42. The van der Waals surface area contributed by atoms with Crippen molar-refractivity contribution in [3.63, 3.8) is 0 Å². The van der Waals surface area contributed by atoms with Crippen LogP contribution >= 0.6 is 0 Å². The summed E-state index contributed by atoms with van der Waals surface area (Å²) in [7, 11) is 0. The topological polar surface area (TPSA) is 49.8 Å². The van der Waals surface area contributed by atoms with Gasteiger partial charge in [0.1, 0.15) is 5.75 Å². The number of piperidine rings is 1. The summed E-state index contributed by atoms with van der Waals surface area (Å²) in [4.78, 5) is 14.2. The molecule has 6 rings (SSSR count). The van der Waals surface area contributed by atoms with E-state index >= 15 is 0 Å². The molecule has 0 aromatic heterocycles. The fourth-order valence-corrected chi connectivity index (χ4v) is 6.93. The molecule has 1 saturated heterocycles. The number of carbonyl (C=O) groups excluding carboxylic acids is 1. The van der Waals surface area contributed by atoms with Crippen LogP contribution < -0.4 is 4.74 Å². The smallest absolute Gasteiger partial charge is 0.410 e. The molecule has 1 unspecified atom stereocenters. The zero-order valence-corrected chi connectivity index (χ0v) is 16.1. The molecule has 1 heterocycles. The van der Waals surface area contributed by atoms with E-state index in [0.29, 0.717) is 17.7 Å². The van der Waals surface area contributed by atoms with Gasteiger partial charge in [-0.15, -0.1) is 0 Å². The van der Waals surface area contributed by atoms with E-state index in [9.17, 15) is 9.90 Å². The first-order valence-corrected chi connectivity index (χ1v) is 10.8. The summed E-state index contributed by atoms with van der Waals surface area (Å²) in [5, 5.41) is 9.52. The van der Waals surface area contributed by atoms with Crippen LogP contribution in [0.2, 0.25) is 0 Å². The van der Waals surface area contributed by atoms with Gasteiger partial charge in [0.25, 0.3) is 0 Å². The molecule has 1 aromatic rings. The molecule has 4 nitrogen and oxygen atoms in total. The first-order valence-electron chi connectivity index (χ1n) is 10.8. The maximum atomic E-state index is 12.5. The van der Waals surface area contributed by atoms with Crippen molar-refractivity contribution in [2.24, 2.45) is 17.8 Å². The summed E-state index contributed by atoms with van der Waals surface area (Å²) in [6.07, 6.45) is 11.0. The molecule has 4 aliphatic carbocycles. The third kappa shape index (κ3) is 3.16. The van der Waals surface area contributed by atoms with Crippen LogP contribution in [0.1, 0.15) is 63.4 Å². The standard InChI is InChI=1S/C23H31NO3/c25-15-20-3-1-2-8-24(20)22(26)27-21-6-4-19(5-7-21)23-12-16-9-17(13-23)11-18(10-16)14-23/h4-7,16-18,20,25H,1-3,8-15H2. The number of aliphatic hydroxyl groups excluding tert-OH is 1. The first kappa shape index (κ1) is 17.5. The second-order valence-electron chi connectivity index (χ2n) is 9.62. The minimum absolute atomic E-state index is 0.0139. The Bertz CT molecular complexity index is 663. The summed E-state index contributed by atoms with van der Waals surface area (Å²) in [5.41, 5.74) is 1.83. The Morgan fingerprint density at radius 3 is 2.26 bits per heavy atom. The third-order valence-electron chi connectivity index (χ3n) is 7.78. The predicted octanol–water partition coefficient (Wildman–Crippen LogP) is 4.50. The van der Waals surface area contributed by atoms with Crippen molar-refractivity contribution in [3.05, 3.63) is 29.8 Å². The quantitative estimate of drug-likeness (QED) is 0.853. The second-order valence-corrected chi connectivity index (χ2v) is 9.62. The summed E-state index contributed by atoms with van der Waals surface area (Å²) < 4.78 is 5.64. The Kier molecular flexibility index (Phi) is 4.42. The Morgan fingerprint density at radius 1 is 1.04 bits per heavy atom. The number of hydrogen-bond acceptors (Lipinski definition) is 3. The molecule has 0 spiro atoms. The SMILES string of the molecule is O=C(Oc1ccc(C23CC4CC(CC(C4)C2)C3)cc1)N1CCCCC1CO. The van der Waals surface area contributed by atoms with Crippen LogP contribution in [0.4, 0.5) is 4.79 Å². The predicted molar refractivity (Wildman–Crippen MR) is 104 cm³/mol. The van der Waals surface area contributed by atoms with Crippen molar-refractivity contribution in [3.8, 4) is 5.75 Å². The molecule has 1 amide bonds. The third-order valence-corrected chi connectivity index (χ3v) is 7.78. The molecule has 27 heavy (non-hydrogen) atoms. The normalized spacial score (nSPS) is 37.4. The van der Waals surface area contributed by atoms with Gasteiger partial charge in [-0.25, -0.2) is 4.79 Å². The van der Waals surface area contributed by atoms with Gasteiger partial charge in [-0.3, -0.25) is 0 Å². The van der Waals surface area contributed by atoms with Crippen molar-refractivity contribution in [2.75, 3.05) is 13.2 Å². The van der Waals surface area contributed by atoms with Gasteiger partial charge in [0.15, 0.2) is 0 Å². The van der Waals surface area contributed by atoms with Gasteiger partial charge in [-0.2, -0.15) is 0 Å². The lowest BCUT2D eigenvalue weighted by molar-refractivity contribution is -0.00520. The van der Waals surface area contributed by atoms with Crippen LogP contribution in [0.15, 0.2) is 24.3 Å². The van der Waals surface area contributed by atoms with E-state index in [2.05, 4.69) is 12.1 Å². The molecular formula is C23H31NO3. The molecule has 4 saturated carbocycles. The van der Waals surface area contributed by atoms with E-state index in [-0.39, 0.29) is 18.7 Å². The van der Waals surface area contributed by atoms with E-state index in [1.165, 1.54) is 44.1 Å². The highest BCUT2D eigenvalue weighted by atomic mass is 16.6. The molecule has 4 bridgehead atoms. The summed E-state index contributed by atoms with van der Waals surface area (Å²) in [6.45, 7) is 0.690. The highest BCUT2D eigenvalue weighted by molar-refractivity contribution is 5.71. The second kappa shape index (κ2) is 6.80. The lowest BCUT2D eigenvalue weighted by atomic mass is 9.48. The van der Waals surface area contributed by atoms with Gasteiger partial charge < -0.3 is 14.7 Å². The fraction of sp³-hybridized carbons (Fsp3) is 0.696. The number of ether oxygens (including phenoxy) is 1. The van der Waals surface area contributed by atoms with Crippen molar-refractivity contribution >= 4 is 6.09 Å². The van der Waals surface area contributed by atoms with Gasteiger partial charge in [-0.1, -0.05) is 12.1 Å². The van der Waals surface area contributed by atoms with Gasteiger partial charge in [0, 0.05) is 6.54 Å². The maximum Gasteiger partial charge on any atom is 0.415 e. The Hall–Kier alpha value is -1.55. The highest BCUT2D eigenvalue weighted by Crippen LogP contribution is 2.60. The molecular weight excluding hydrogens is 338 g/mol. The minimum atomic E-state index is -0.323. The number of hydrogen-bond donors (Lipinski definition) is 1. The van der Waals surface area contributed by atoms with Crippen molar-refractivity contribution in [1.82, 2.24) is 4.90 Å². The van der Waals surface area contributed by atoms with Crippen molar-refractivity contribution < 1.29 is 14.6 Å². The van der Waals surface area contributed by atoms with Crippen LogP contribution in [-0.2, 0) is 5.41 Å². The molecule has 1 aliphatic heterocycles. The van der Waals surface area contributed by atoms with E-state index in [1.54, 1.807) is 4.90 Å². The largest absolute Gasteiger partial charge is 0.415 e. The number of aliphatic hydroxyl groups is 1. The van der Waals surface area contributed by atoms with Crippen LogP contribution in [0, 0.1) is 17.8 Å². The number of amides is 1. The average molecular weight is 370 g/mol. The minimum Gasteiger partial charge on any atom is -0.410 e. The molecule has 1 aromatic carbocycles. The van der Waals surface area contributed by atoms with Crippen LogP contribution in [0.25, 0.3) is 0 Å². The Labute approximate surface area is 161 Å². The summed E-state index contributed by atoms with van der Waals surface area (Å²) in [6, 6.07) is 8.26. The maximum absolute atomic E-state index is 12.5. The van der Waals surface area contributed by atoms with Crippen LogP contribution in [0.3, 0.4) is 0 Å². The first-order chi connectivity index (χ1) is 13.1. The molecule has 4 heteroatoms. The Balaban J connectivity index is 1.29. The van der Waals surface area contributed by atoms with Crippen LogP contribution in [-0.4, -0.2) is 35.3 Å². The lowest BCUT2D eigenvalue weighted by Gasteiger charge is -2.57. The molecule has 5 aliphatic rings. The molecule has 0 radical (unpaired) electrons. The average Bonchev–Trinajstić information content (AvgIpc) is 2.67. The van der Waals surface area contributed by atoms with Crippen molar-refractivity contribution in [1.29, 1.82) is 0 Å². The molecule has 146 valence electrons. The number of carbonyl (C=O) groups is 1. The van der Waals surface area contributed by atoms with E-state index in [4.69, 9.17) is 4.74 Å². The van der Waals surface area contributed by atoms with Crippen molar-refractivity contribution in [2.45, 2.75) is 69.2 Å². The fourth-order valence-electron chi connectivity index (χ4n) is 6.93. The monoisotopic (exact) mass is 369 g/mol. The van der Waals surface area contributed by atoms with Crippen LogP contribution in [0.5, 0.6) is 5.75 Å². The zero-order valence-electron chi connectivity index (χ0n) is 16.1. The number of benzene rings is 1. The number of nitrogens with zero attached hydrogens (tertiary/aromatic N) is 1. The van der Waals surface area contributed by atoms with E-state index in [0.717, 1.165) is 37.0 Å². The van der Waals surface area contributed by atoms with Gasteiger partial charge in [0.2, 0.25) is 0 Å². The highest BCUT2D eigenvalue weighted by Gasteiger charge is 2.51. The molecule has 1 N–H and O–H groups in total. The number of likely N-dealkylation sites (tertiary alicyclic amines) is 1. The molecule has 5 fully saturated rings. The van der Waals surface area contributed by atoms with Gasteiger partial charge >= 0.3 is 6.09 Å². The van der Waals surface area contributed by atoms with E-state index < -0.39 is 0 Å². The summed E-state index contributed by atoms with van der Waals surface area (Å²) >= 11 is 0. The van der Waals surface area contributed by atoms with Gasteiger partial charge in [-0.05, 0) is 98.7 Å². The lowest BCUT2D eigenvalue weighted by Crippen LogP contribution is -2.48. The number of rotatable bonds is 3. The van der Waals surface area contributed by atoms with E-state index in [1.807, 2.05) is 12.1 Å².